The van der Waals surface area contributed by atoms with Crippen molar-refractivity contribution in [3.63, 3.8) is 0 Å². The summed E-state index contributed by atoms with van der Waals surface area (Å²) in [5.41, 5.74) is 5.50. The van der Waals surface area contributed by atoms with Crippen LogP contribution in [0.15, 0.2) is 11.4 Å². The molecule has 0 spiro atoms. The summed E-state index contributed by atoms with van der Waals surface area (Å²) in [6.07, 6.45) is 1.55. The lowest BCUT2D eigenvalue weighted by molar-refractivity contribution is 0.00578. The van der Waals surface area contributed by atoms with Crippen molar-refractivity contribution in [1.29, 1.82) is 0 Å². The number of nitrogens with two attached hydrogens (primary N) is 1. The Morgan fingerprint density at radius 3 is 1.46 bits per heavy atom. The van der Waals surface area contributed by atoms with Gasteiger partial charge in [0.05, 0.1) is 22.4 Å². The van der Waals surface area contributed by atoms with Gasteiger partial charge in [0.2, 0.25) is 0 Å². The lowest BCUT2D eigenvalue weighted by Crippen LogP contribution is -2.48. The molecule has 0 bridgehead atoms. The smallest absolute Gasteiger partial charge is 0.400 e. The summed E-state index contributed by atoms with van der Waals surface area (Å²) in [6.45, 7) is 20.6. The molecule has 0 unspecified atom stereocenters. The van der Waals surface area contributed by atoms with Gasteiger partial charge in [0, 0.05) is 5.54 Å². The molecule has 5 nitrogen and oxygen atoms in total. The number of rotatable bonds is 5. The van der Waals surface area contributed by atoms with Crippen LogP contribution in [0, 0.1) is 0 Å². The zero-order chi connectivity index (χ0) is 20.2. The maximum atomic E-state index is 6.77. The zero-order valence-corrected chi connectivity index (χ0v) is 18.4. The minimum atomic E-state index is -0.537. The monoisotopic (exact) mass is 365 g/mol. The van der Waals surface area contributed by atoms with Crippen molar-refractivity contribution in [1.82, 2.24) is 0 Å². The fraction of sp³-hybridized carbons (Fsp3) is 0.895. The van der Waals surface area contributed by atoms with Crippen molar-refractivity contribution >= 4 is 14.2 Å². The SMILES string of the molecule is CCC(N)(CC)C(=CB1OC(C)(C)C(C)(C)O1)B1OC(C)(C)C(C)(C)O1. The standard InChI is InChI=1S/C19H37B2NO4/c1-11-19(22,12-2)14(21-25-17(7,8)18(9,10)26-21)13-20-23-15(3,4)16(5,6)24-20/h13H,11-12,22H2,1-10H3. The van der Waals surface area contributed by atoms with Gasteiger partial charge in [-0.1, -0.05) is 19.8 Å². The molecule has 2 N–H and O–H groups in total. The molecule has 0 atom stereocenters. The number of hydrogen-bond acceptors (Lipinski definition) is 5. The molecule has 2 aliphatic heterocycles. The summed E-state index contributed by atoms with van der Waals surface area (Å²) in [6, 6.07) is 0. The van der Waals surface area contributed by atoms with Gasteiger partial charge in [-0.25, -0.2) is 0 Å². The van der Waals surface area contributed by atoms with E-state index in [1.165, 1.54) is 0 Å². The molecule has 2 fully saturated rings. The van der Waals surface area contributed by atoms with Crippen LogP contribution in [0.5, 0.6) is 0 Å². The molecule has 0 amide bonds. The lowest BCUT2D eigenvalue weighted by atomic mass is 9.61. The summed E-state index contributed by atoms with van der Waals surface area (Å²) in [4.78, 5) is 0. The molecule has 2 heterocycles. The van der Waals surface area contributed by atoms with Gasteiger partial charge in [-0.05, 0) is 73.7 Å². The average Bonchev–Trinajstić information content (AvgIpc) is 2.83. The summed E-state index contributed by atoms with van der Waals surface area (Å²) < 4.78 is 25.0. The van der Waals surface area contributed by atoms with Gasteiger partial charge in [0.25, 0.3) is 0 Å². The third-order valence-corrected chi connectivity index (χ3v) is 6.93. The quantitative estimate of drug-likeness (QED) is 0.753. The summed E-state index contributed by atoms with van der Waals surface area (Å²) in [7, 11) is -0.987. The van der Waals surface area contributed by atoms with Crippen molar-refractivity contribution in [3.8, 4) is 0 Å². The van der Waals surface area contributed by atoms with Crippen LogP contribution in [-0.4, -0.2) is 42.2 Å². The fourth-order valence-corrected chi connectivity index (χ4v) is 3.21. The highest BCUT2D eigenvalue weighted by atomic mass is 16.7. The normalized spacial score (nSPS) is 27.3. The van der Waals surface area contributed by atoms with Gasteiger partial charge in [-0.3, -0.25) is 0 Å². The second-order valence-corrected chi connectivity index (χ2v) is 9.70. The van der Waals surface area contributed by atoms with Crippen LogP contribution < -0.4 is 5.73 Å². The van der Waals surface area contributed by atoms with Crippen LogP contribution >= 0.6 is 0 Å². The lowest BCUT2D eigenvalue weighted by Gasteiger charge is -2.32. The van der Waals surface area contributed by atoms with E-state index in [0.29, 0.717) is 0 Å². The number of hydrogen-bond donors (Lipinski definition) is 1. The third-order valence-electron chi connectivity index (χ3n) is 6.93. The largest absolute Gasteiger partial charge is 0.491 e. The molecule has 0 aromatic heterocycles. The molecule has 2 rings (SSSR count). The van der Waals surface area contributed by atoms with Gasteiger partial charge in [-0.15, -0.1) is 0 Å². The van der Waals surface area contributed by atoms with Crippen molar-refractivity contribution in [2.45, 2.75) is 110 Å². The topological polar surface area (TPSA) is 62.9 Å². The first-order valence-electron chi connectivity index (χ1n) is 9.83. The van der Waals surface area contributed by atoms with Gasteiger partial charge in [0.15, 0.2) is 0 Å². The van der Waals surface area contributed by atoms with E-state index in [1.54, 1.807) is 0 Å². The highest BCUT2D eigenvalue weighted by Gasteiger charge is 2.56. The molecule has 26 heavy (non-hydrogen) atoms. The second kappa shape index (κ2) is 6.63. The Labute approximate surface area is 160 Å². The minimum Gasteiger partial charge on any atom is -0.400 e. The zero-order valence-electron chi connectivity index (χ0n) is 18.4. The third kappa shape index (κ3) is 3.66. The molecule has 0 aliphatic carbocycles. The molecule has 0 aromatic carbocycles. The van der Waals surface area contributed by atoms with E-state index in [2.05, 4.69) is 41.5 Å². The van der Waals surface area contributed by atoms with E-state index < -0.39 is 42.2 Å². The molecule has 2 aliphatic rings. The Morgan fingerprint density at radius 1 is 0.769 bits per heavy atom. The van der Waals surface area contributed by atoms with Crippen LogP contribution in [0.4, 0.5) is 0 Å². The van der Waals surface area contributed by atoms with Crippen LogP contribution in [0.2, 0.25) is 0 Å². The molecule has 0 radical (unpaired) electrons. The molecule has 0 saturated carbocycles. The fourth-order valence-electron chi connectivity index (χ4n) is 3.21. The van der Waals surface area contributed by atoms with Crippen molar-refractivity contribution in [3.05, 3.63) is 11.4 Å². The first-order valence-corrected chi connectivity index (χ1v) is 9.83. The first kappa shape index (κ1) is 22.0. The first-order chi connectivity index (χ1) is 11.6. The van der Waals surface area contributed by atoms with Crippen LogP contribution in [0.25, 0.3) is 0 Å². The van der Waals surface area contributed by atoms with Gasteiger partial charge < -0.3 is 24.4 Å². The van der Waals surface area contributed by atoms with E-state index in [-0.39, 0.29) is 0 Å². The highest BCUT2D eigenvalue weighted by Crippen LogP contribution is 2.42. The molecular formula is C19H37B2NO4. The van der Waals surface area contributed by atoms with Crippen molar-refractivity contribution in [2.75, 3.05) is 0 Å². The Bertz CT molecular complexity index is 536. The van der Waals surface area contributed by atoms with E-state index in [1.807, 2.05) is 33.7 Å². The average molecular weight is 365 g/mol. The highest BCUT2D eigenvalue weighted by molar-refractivity contribution is 6.61. The molecule has 7 heteroatoms. The van der Waals surface area contributed by atoms with Crippen LogP contribution in [0.3, 0.4) is 0 Å². The Morgan fingerprint density at radius 2 is 1.12 bits per heavy atom. The minimum absolute atomic E-state index is 0.398. The van der Waals surface area contributed by atoms with Crippen molar-refractivity contribution < 1.29 is 18.6 Å². The maximum absolute atomic E-state index is 6.77. The summed E-state index contributed by atoms with van der Waals surface area (Å²) >= 11 is 0. The predicted octanol–water partition coefficient (Wildman–Crippen LogP) is 3.69. The van der Waals surface area contributed by atoms with Gasteiger partial charge >= 0.3 is 14.2 Å². The van der Waals surface area contributed by atoms with E-state index in [4.69, 9.17) is 24.4 Å². The summed E-state index contributed by atoms with van der Waals surface area (Å²) in [5.74, 6) is 1.98. The van der Waals surface area contributed by atoms with Gasteiger partial charge in [0.1, 0.15) is 0 Å². The second-order valence-electron chi connectivity index (χ2n) is 9.70. The summed E-state index contributed by atoms with van der Waals surface area (Å²) in [5, 5.41) is 0. The Hall–Kier alpha value is -0.330. The van der Waals surface area contributed by atoms with E-state index in [9.17, 15) is 0 Å². The van der Waals surface area contributed by atoms with Crippen molar-refractivity contribution in [2.24, 2.45) is 5.73 Å². The Balaban J connectivity index is 2.42. The van der Waals surface area contributed by atoms with E-state index >= 15 is 0 Å². The maximum Gasteiger partial charge on any atom is 0.491 e. The van der Waals surface area contributed by atoms with E-state index in [0.717, 1.165) is 18.3 Å². The molecule has 148 valence electrons. The van der Waals surface area contributed by atoms with Crippen LogP contribution in [-0.2, 0) is 18.6 Å². The van der Waals surface area contributed by atoms with Crippen LogP contribution in [0.1, 0.15) is 82.1 Å². The molecule has 0 aromatic rings. The molecule has 2 saturated heterocycles. The Kier molecular flexibility index (Phi) is 5.60. The van der Waals surface area contributed by atoms with Gasteiger partial charge in [-0.2, -0.15) is 0 Å². The predicted molar refractivity (Wildman–Crippen MR) is 108 cm³/mol. The molecular weight excluding hydrogens is 328 g/mol.